The number of rotatable bonds is 3. The van der Waals surface area contributed by atoms with E-state index in [9.17, 15) is 9.90 Å². The van der Waals surface area contributed by atoms with Crippen LogP contribution in [0.4, 0.5) is 0 Å². The van der Waals surface area contributed by atoms with E-state index in [1.807, 2.05) is 50.3 Å². The molecule has 2 atom stereocenters. The van der Waals surface area contributed by atoms with E-state index in [1.165, 1.54) is 0 Å². The first kappa shape index (κ1) is 15.5. The number of alkyl halides is 1. The minimum Gasteiger partial charge on any atom is -0.481 e. The van der Waals surface area contributed by atoms with Crippen LogP contribution in [-0.4, -0.2) is 11.1 Å². The van der Waals surface area contributed by atoms with Crippen molar-refractivity contribution in [3.8, 4) is 0 Å². The van der Waals surface area contributed by atoms with Gasteiger partial charge in [0.2, 0.25) is 0 Å². The summed E-state index contributed by atoms with van der Waals surface area (Å²) in [5.41, 5.74) is 3.08. The number of hydrogen-bond donors (Lipinski definition) is 1. The summed E-state index contributed by atoms with van der Waals surface area (Å²) >= 11 is 7.25. The molecule has 1 aliphatic rings. The first-order chi connectivity index (χ1) is 9.40. The Labute approximate surface area is 135 Å². The van der Waals surface area contributed by atoms with Crippen molar-refractivity contribution in [2.24, 2.45) is 5.92 Å². The Bertz CT molecular complexity index is 604. The van der Waals surface area contributed by atoms with Crippen LogP contribution in [0, 0.1) is 12.8 Å². The number of allylic oxidation sites excluding steroid dienone is 3. The average molecular weight is 400 g/mol. The zero-order chi connectivity index (χ0) is 14.9. The van der Waals surface area contributed by atoms with Crippen LogP contribution >= 0.6 is 31.9 Å². The van der Waals surface area contributed by atoms with Crippen LogP contribution in [0.5, 0.6) is 0 Å². The summed E-state index contributed by atoms with van der Waals surface area (Å²) in [6.45, 7) is 4.02. The molecule has 20 heavy (non-hydrogen) atoms. The Hall–Kier alpha value is -0.870. The predicted molar refractivity (Wildman–Crippen MR) is 88.3 cm³/mol. The Balaban J connectivity index is 2.62. The van der Waals surface area contributed by atoms with Gasteiger partial charge in [-0.1, -0.05) is 69.1 Å². The van der Waals surface area contributed by atoms with Crippen LogP contribution in [0.2, 0.25) is 0 Å². The molecule has 0 aromatic heterocycles. The average Bonchev–Trinajstić information content (AvgIpc) is 2.38. The largest absolute Gasteiger partial charge is 0.481 e. The highest BCUT2D eigenvalue weighted by Crippen LogP contribution is 2.48. The molecule has 1 aromatic carbocycles. The number of carbonyl (C=O) groups is 1. The first-order valence-electron chi connectivity index (χ1n) is 6.47. The zero-order valence-electron chi connectivity index (χ0n) is 11.4. The lowest BCUT2D eigenvalue weighted by molar-refractivity contribution is -0.140. The van der Waals surface area contributed by atoms with Gasteiger partial charge in [-0.15, -0.1) is 0 Å². The summed E-state index contributed by atoms with van der Waals surface area (Å²) in [5, 5.41) is 9.61. The minimum absolute atomic E-state index is 0.625. The van der Waals surface area contributed by atoms with Crippen LogP contribution < -0.4 is 0 Å². The molecule has 2 rings (SSSR count). The van der Waals surface area contributed by atoms with Crippen molar-refractivity contribution < 1.29 is 9.90 Å². The Morgan fingerprint density at radius 2 is 2.05 bits per heavy atom. The molecular weight excluding hydrogens is 384 g/mol. The van der Waals surface area contributed by atoms with E-state index in [2.05, 4.69) is 31.9 Å². The van der Waals surface area contributed by atoms with Gasteiger partial charge in [-0.2, -0.15) is 0 Å². The summed E-state index contributed by atoms with van der Waals surface area (Å²) < 4.78 is 0.236. The highest BCUT2D eigenvalue weighted by Gasteiger charge is 2.43. The van der Waals surface area contributed by atoms with E-state index < -0.39 is 16.2 Å². The highest BCUT2D eigenvalue weighted by molar-refractivity contribution is 9.12. The van der Waals surface area contributed by atoms with Gasteiger partial charge < -0.3 is 5.11 Å². The van der Waals surface area contributed by atoms with Gasteiger partial charge in [-0.25, -0.2) is 0 Å². The van der Waals surface area contributed by atoms with E-state index >= 15 is 0 Å². The maximum atomic E-state index is 11.7. The lowest BCUT2D eigenvalue weighted by Crippen LogP contribution is -2.35. The van der Waals surface area contributed by atoms with E-state index in [1.54, 1.807) is 0 Å². The topological polar surface area (TPSA) is 37.3 Å². The zero-order valence-corrected chi connectivity index (χ0v) is 14.5. The molecule has 0 spiro atoms. The molecule has 1 N–H and O–H groups in total. The molecular formula is C16H16Br2O2. The third-order valence-corrected chi connectivity index (χ3v) is 5.56. The molecule has 4 heteroatoms. The number of halogens is 2. The molecule has 106 valence electrons. The number of aliphatic carboxylic acids is 1. The number of aryl methyl sites for hydroxylation is 1. The van der Waals surface area contributed by atoms with Crippen LogP contribution in [0.3, 0.4) is 0 Å². The second-order valence-corrected chi connectivity index (χ2v) is 7.10. The second-order valence-electron chi connectivity index (χ2n) is 4.94. The summed E-state index contributed by atoms with van der Waals surface area (Å²) in [4.78, 5) is 11.7. The van der Waals surface area contributed by atoms with Gasteiger partial charge >= 0.3 is 5.97 Å². The molecule has 1 aliphatic carbocycles. The third kappa shape index (κ3) is 2.63. The molecule has 0 saturated carbocycles. The van der Waals surface area contributed by atoms with Crippen molar-refractivity contribution in [1.29, 1.82) is 0 Å². The van der Waals surface area contributed by atoms with Crippen molar-refractivity contribution in [2.75, 3.05) is 0 Å². The maximum absolute atomic E-state index is 11.7. The standard InChI is InChI=1S/C16H16Br2O2/c1-3-11-8-13(15(19)20)16(18,9-14(11)17)12-7-5-4-6-10(12)2/h4-9,13H,3H2,1-2H3,(H,19,20). The van der Waals surface area contributed by atoms with Gasteiger partial charge in [0, 0.05) is 4.48 Å². The lowest BCUT2D eigenvalue weighted by Gasteiger charge is -2.34. The molecule has 0 saturated heterocycles. The van der Waals surface area contributed by atoms with Gasteiger partial charge in [-0.3, -0.25) is 4.79 Å². The lowest BCUT2D eigenvalue weighted by atomic mass is 9.79. The molecule has 0 amide bonds. The summed E-state index contributed by atoms with van der Waals surface area (Å²) in [7, 11) is 0. The van der Waals surface area contributed by atoms with E-state index in [0.717, 1.165) is 27.6 Å². The van der Waals surface area contributed by atoms with Gasteiger partial charge in [0.25, 0.3) is 0 Å². The van der Waals surface area contributed by atoms with Crippen LogP contribution in [-0.2, 0) is 9.12 Å². The van der Waals surface area contributed by atoms with Crippen molar-refractivity contribution in [1.82, 2.24) is 0 Å². The summed E-state index contributed by atoms with van der Waals surface area (Å²) in [6.07, 6.45) is 4.61. The predicted octanol–water partition coefficient (Wildman–Crippen LogP) is 4.91. The number of hydrogen-bond acceptors (Lipinski definition) is 1. The van der Waals surface area contributed by atoms with Crippen LogP contribution in [0.15, 0.2) is 46.5 Å². The normalized spacial score (nSPS) is 25.9. The fourth-order valence-electron chi connectivity index (χ4n) is 2.55. The van der Waals surface area contributed by atoms with E-state index in [0.29, 0.717) is 0 Å². The van der Waals surface area contributed by atoms with Crippen molar-refractivity contribution in [3.05, 3.63) is 57.6 Å². The highest BCUT2D eigenvalue weighted by atomic mass is 79.9. The second kappa shape index (κ2) is 5.86. The van der Waals surface area contributed by atoms with Crippen LogP contribution in [0.25, 0.3) is 0 Å². The molecule has 0 fully saturated rings. The molecule has 2 unspecified atom stereocenters. The third-order valence-electron chi connectivity index (χ3n) is 3.67. The smallest absolute Gasteiger partial charge is 0.312 e. The molecule has 0 heterocycles. The van der Waals surface area contributed by atoms with E-state index in [4.69, 9.17) is 0 Å². The Morgan fingerprint density at radius 1 is 1.40 bits per heavy atom. The maximum Gasteiger partial charge on any atom is 0.312 e. The number of carboxylic acids is 1. The van der Waals surface area contributed by atoms with Gasteiger partial charge in [0.1, 0.15) is 0 Å². The monoisotopic (exact) mass is 398 g/mol. The van der Waals surface area contributed by atoms with Crippen LogP contribution in [0.1, 0.15) is 24.5 Å². The quantitative estimate of drug-likeness (QED) is 0.732. The van der Waals surface area contributed by atoms with Crippen molar-refractivity contribution in [2.45, 2.75) is 24.6 Å². The Morgan fingerprint density at radius 3 is 2.60 bits per heavy atom. The minimum atomic E-state index is -0.827. The molecule has 1 aromatic rings. The van der Waals surface area contributed by atoms with Crippen molar-refractivity contribution in [3.63, 3.8) is 0 Å². The summed E-state index contributed by atoms with van der Waals surface area (Å²) in [6, 6.07) is 7.87. The number of benzene rings is 1. The fraction of sp³-hybridized carbons (Fsp3) is 0.312. The van der Waals surface area contributed by atoms with Crippen molar-refractivity contribution >= 4 is 37.8 Å². The van der Waals surface area contributed by atoms with Gasteiger partial charge in [-0.05, 0) is 36.1 Å². The SMILES string of the molecule is CCC1=CC(C(=O)O)C(Br)(c2ccccc2C)C=C1Br. The molecule has 0 aliphatic heterocycles. The summed E-state index contributed by atoms with van der Waals surface area (Å²) in [5.74, 6) is -1.45. The first-order valence-corrected chi connectivity index (χ1v) is 8.06. The fourth-order valence-corrected chi connectivity index (χ4v) is 4.64. The number of carboxylic acid groups (broad SMARTS) is 1. The van der Waals surface area contributed by atoms with Gasteiger partial charge in [0.05, 0.1) is 10.2 Å². The van der Waals surface area contributed by atoms with E-state index in [-0.39, 0.29) is 0 Å². The van der Waals surface area contributed by atoms with Gasteiger partial charge in [0.15, 0.2) is 0 Å². The Kier molecular flexibility index (Phi) is 4.55. The molecule has 0 bridgehead atoms. The molecule has 2 nitrogen and oxygen atoms in total. The molecule has 0 radical (unpaired) electrons.